The van der Waals surface area contributed by atoms with E-state index in [1.165, 1.54) is 12.4 Å². The van der Waals surface area contributed by atoms with Gasteiger partial charge in [0.25, 0.3) is 0 Å². The van der Waals surface area contributed by atoms with Crippen LogP contribution < -0.4 is 11.1 Å². The Hall–Kier alpha value is -3.14. The average Bonchev–Trinajstić information content (AvgIpc) is 3.19. The first kappa shape index (κ1) is 17.3. The van der Waals surface area contributed by atoms with E-state index in [1.807, 2.05) is 31.7 Å². The van der Waals surface area contributed by atoms with Crippen LogP contribution in [-0.4, -0.2) is 29.5 Å². The van der Waals surface area contributed by atoms with Crippen LogP contribution in [0.4, 0.5) is 22.0 Å². The lowest BCUT2D eigenvalue weighted by Crippen LogP contribution is -2.02. The summed E-state index contributed by atoms with van der Waals surface area (Å²) in [7, 11) is 1.89. The molecule has 0 unspecified atom stereocenters. The summed E-state index contributed by atoms with van der Waals surface area (Å²) in [6.45, 7) is 3.96. The predicted molar refractivity (Wildman–Crippen MR) is 103 cm³/mol. The van der Waals surface area contributed by atoms with Crippen LogP contribution >= 0.6 is 11.3 Å². The van der Waals surface area contributed by atoms with Crippen LogP contribution in [0.15, 0.2) is 24.9 Å². The van der Waals surface area contributed by atoms with E-state index in [9.17, 15) is 4.39 Å². The van der Waals surface area contributed by atoms with Crippen LogP contribution in [0.2, 0.25) is 0 Å². The van der Waals surface area contributed by atoms with Gasteiger partial charge >= 0.3 is 0 Å². The van der Waals surface area contributed by atoms with E-state index in [4.69, 9.17) is 5.73 Å². The molecule has 0 aliphatic rings. The summed E-state index contributed by atoms with van der Waals surface area (Å²) in [5, 5.41) is 3.20. The molecule has 10 heteroatoms. The summed E-state index contributed by atoms with van der Waals surface area (Å²) in [6, 6.07) is 0. The molecule has 138 valence electrons. The van der Waals surface area contributed by atoms with Gasteiger partial charge in [0.05, 0.1) is 34.9 Å². The van der Waals surface area contributed by atoms with Gasteiger partial charge in [0.1, 0.15) is 11.6 Å². The molecule has 3 N–H and O–H groups in total. The number of nitrogens with zero attached hydrogens (tertiary/aromatic N) is 6. The number of hydrogen-bond donors (Lipinski definition) is 2. The lowest BCUT2D eigenvalue weighted by molar-refractivity contribution is 0.606. The highest BCUT2D eigenvalue weighted by Crippen LogP contribution is 2.40. The fourth-order valence-electron chi connectivity index (χ4n) is 2.88. The van der Waals surface area contributed by atoms with Crippen molar-refractivity contribution >= 4 is 39.1 Å². The standard InChI is InChI=1S/C17H17FN8S/c1-8-12-14(27-13(8)9(2)15-20-4-10(18)5-21-15)16(25-17(19)24-12)23-11-6-26(3)7-22-11/h4-7,9H,1-3H3,(H3,19,23,24,25)/t9-/m0/s1. The molecule has 0 fully saturated rings. The summed E-state index contributed by atoms with van der Waals surface area (Å²) in [5.41, 5.74) is 7.67. The van der Waals surface area contributed by atoms with Gasteiger partial charge in [-0.25, -0.2) is 24.3 Å². The van der Waals surface area contributed by atoms with Crippen LogP contribution in [0, 0.1) is 12.7 Å². The SMILES string of the molecule is Cc1c([C@H](C)c2ncc(F)cn2)sc2c(Nc3cn(C)cn3)nc(N)nc12. The molecule has 4 rings (SSSR count). The van der Waals surface area contributed by atoms with Gasteiger partial charge in [-0.05, 0) is 12.5 Å². The van der Waals surface area contributed by atoms with Crippen molar-refractivity contribution in [2.24, 2.45) is 7.05 Å². The van der Waals surface area contributed by atoms with Crippen LogP contribution in [0.5, 0.6) is 0 Å². The van der Waals surface area contributed by atoms with Crippen molar-refractivity contribution in [1.29, 1.82) is 0 Å². The second-order valence-corrected chi connectivity index (χ2v) is 7.28. The van der Waals surface area contributed by atoms with Gasteiger partial charge in [-0.3, -0.25) is 0 Å². The van der Waals surface area contributed by atoms with E-state index in [-0.39, 0.29) is 11.9 Å². The van der Waals surface area contributed by atoms with E-state index >= 15 is 0 Å². The number of imidazole rings is 1. The van der Waals surface area contributed by atoms with Crippen molar-refractivity contribution in [3.63, 3.8) is 0 Å². The average molecular weight is 384 g/mol. The smallest absolute Gasteiger partial charge is 0.222 e. The first-order valence-corrected chi connectivity index (χ1v) is 9.03. The highest BCUT2D eigenvalue weighted by Gasteiger charge is 2.22. The predicted octanol–water partition coefficient (Wildman–Crippen LogP) is 3.14. The molecule has 0 bridgehead atoms. The molecule has 4 aromatic rings. The molecule has 0 saturated heterocycles. The molecule has 0 amide bonds. The van der Waals surface area contributed by atoms with Crippen molar-refractivity contribution < 1.29 is 4.39 Å². The second kappa shape index (κ2) is 6.54. The lowest BCUT2D eigenvalue weighted by Gasteiger charge is -2.08. The van der Waals surface area contributed by atoms with Gasteiger partial charge in [0.2, 0.25) is 5.95 Å². The van der Waals surface area contributed by atoms with Crippen LogP contribution in [0.1, 0.15) is 29.1 Å². The van der Waals surface area contributed by atoms with Crippen LogP contribution in [0.3, 0.4) is 0 Å². The Balaban J connectivity index is 1.80. The summed E-state index contributed by atoms with van der Waals surface area (Å²) in [5.74, 6) is 1.42. The minimum absolute atomic E-state index is 0.117. The molecule has 0 radical (unpaired) electrons. The minimum atomic E-state index is -0.459. The number of nitrogen functional groups attached to an aromatic ring is 1. The summed E-state index contributed by atoms with van der Waals surface area (Å²) >= 11 is 1.54. The molecule has 4 aromatic heterocycles. The first-order chi connectivity index (χ1) is 12.9. The Morgan fingerprint density at radius 3 is 2.63 bits per heavy atom. The minimum Gasteiger partial charge on any atom is -0.368 e. The number of aromatic nitrogens is 6. The quantitative estimate of drug-likeness (QED) is 0.556. The third-order valence-electron chi connectivity index (χ3n) is 4.19. The number of thiophene rings is 1. The number of rotatable bonds is 4. The van der Waals surface area contributed by atoms with Gasteiger partial charge in [-0.15, -0.1) is 11.3 Å². The van der Waals surface area contributed by atoms with Crippen molar-refractivity contribution in [2.75, 3.05) is 11.1 Å². The summed E-state index contributed by atoms with van der Waals surface area (Å²) in [4.78, 5) is 22.3. The normalized spacial score (nSPS) is 12.4. The van der Waals surface area contributed by atoms with Crippen molar-refractivity contribution in [3.8, 4) is 0 Å². The number of aryl methyl sites for hydroxylation is 2. The maximum atomic E-state index is 13.1. The summed E-state index contributed by atoms with van der Waals surface area (Å²) < 4.78 is 15.8. The maximum absolute atomic E-state index is 13.1. The van der Waals surface area contributed by atoms with Crippen LogP contribution in [0.25, 0.3) is 10.2 Å². The molecule has 0 spiro atoms. The highest BCUT2D eigenvalue weighted by molar-refractivity contribution is 7.20. The number of halogens is 1. The highest BCUT2D eigenvalue weighted by atomic mass is 32.1. The monoisotopic (exact) mass is 384 g/mol. The third kappa shape index (κ3) is 3.19. The fraction of sp³-hybridized carbons (Fsp3) is 0.235. The second-order valence-electron chi connectivity index (χ2n) is 6.23. The van der Waals surface area contributed by atoms with E-state index in [1.54, 1.807) is 17.7 Å². The van der Waals surface area contributed by atoms with Crippen molar-refractivity contribution in [3.05, 3.63) is 47.0 Å². The number of hydrogen-bond acceptors (Lipinski definition) is 8. The van der Waals surface area contributed by atoms with Crippen molar-refractivity contribution in [1.82, 2.24) is 29.5 Å². The molecular weight excluding hydrogens is 367 g/mol. The molecule has 1 atom stereocenters. The Bertz CT molecular complexity index is 1120. The van der Waals surface area contributed by atoms with E-state index < -0.39 is 5.82 Å². The zero-order valence-corrected chi connectivity index (χ0v) is 15.8. The lowest BCUT2D eigenvalue weighted by atomic mass is 10.1. The number of anilines is 3. The van der Waals surface area contributed by atoms with Gasteiger partial charge in [0, 0.05) is 18.1 Å². The van der Waals surface area contributed by atoms with Gasteiger partial charge in [0.15, 0.2) is 11.6 Å². The Morgan fingerprint density at radius 2 is 1.96 bits per heavy atom. The zero-order valence-electron chi connectivity index (χ0n) is 14.9. The summed E-state index contributed by atoms with van der Waals surface area (Å²) in [6.07, 6.45) is 5.89. The third-order valence-corrected chi connectivity index (χ3v) is 5.66. The molecule has 27 heavy (non-hydrogen) atoms. The first-order valence-electron chi connectivity index (χ1n) is 8.21. The van der Waals surface area contributed by atoms with Gasteiger partial charge in [-0.1, -0.05) is 6.92 Å². The van der Waals surface area contributed by atoms with Gasteiger partial charge < -0.3 is 15.6 Å². The Morgan fingerprint density at radius 1 is 1.22 bits per heavy atom. The van der Waals surface area contributed by atoms with E-state index in [0.717, 1.165) is 20.7 Å². The largest absolute Gasteiger partial charge is 0.368 e. The number of nitrogens with two attached hydrogens (primary N) is 1. The molecule has 0 aliphatic carbocycles. The Labute approximate surface area is 158 Å². The Kier molecular flexibility index (Phi) is 4.19. The molecule has 0 aliphatic heterocycles. The number of nitrogens with one attached hydrogen (secondary N) is 1. The van der Waals surface area contributed by atoms with Gasteiger partial charge in [-0.2, -0.15) is 4.98 Å². The number of fused-ring (bicyclic) bond motifs is 1. The topological polar surface area (TPSA) is 107 Å². The fourth-order valence-corrected chi connectivity index (χ4v) is 4.12. The molecule has 8 nitrogen and oxygen atoms in total. The van der Waals surface area contributed by atoms with Crippen LogP contribution in [-0.2, 0) is 7.05 Å². The molecule has 0 saturated carbocycles. The van der Waals surface area contributed by atoms with E-state index in [2.05, 4.69) is 30.2 Å². The zero-order chi connectivity index (χ0) is 19.1. The maximum Gasteiger partial charge on any atom is 0.222 e. The van der Waals surface area contributed by atoms with E-state index in [0.29, 0.717) is 17.5 Å². The molecule has 0 aromatic carbocycles. The molecular formula is C17H17FN8S. The molecule has 4 heterocycles. The van der Waals surface area contributed by atoms with Crippen molar-refractivity contribution in [2.45, 2.75) is 19.8 Å².